The number of rotatable bonds is 4. The highest BCUT2D eigenvalue weighted by atomic mass is 32.2. The molecule has 2 heterocycles. The lowest BCUT2D eigenvalue weighted by Crippen LogP contribution is -2.44. The van der Waals surface area contributed by atoms with Crippen LogP contribution in [0.1, 0.15) is 31.2 Å². The lowest BCUT2D eigenvalue weighted by atomic mass is 10.2. The van der Waals surface area contributed by atoms with Crippen molar-refractivity contribution >= 4 is 29.3 Å². The van der Waals surface area contributed by atoms with Crippen LogP contribution in [0.5, 0.6) is 0 Å². The molecule has 7 nitrogen and oxygen atoms in total. The number of nitrogens with zero attached hydrogens (tertiary/aromatic N) is 3. The van der Waals surface area contributed by atoms with E-state index in [1.54, 1.807) is 0 Å². The van der Waals surface area contributed by atoms with E-state index in [-0.39, 0.29) is 22.6 Å². The van der Waals surface area contributed by atoms with Gasteiger partial charge in [0.1, 0.15) is 0 Å². The molecule has 0 spiro atoms. The van der Waals surface area contributed by atoms with E-state index in [9.17, 15) is 22.8 Å². The molecule has 2 N–H and O–H groups in total. The third-order valence-electron chi connectivity index (χ3n) is 3.97. The van der Waals surface area contributed by atoms with E-state index >= 15 is 0 Å². The summed E-state index contributed by atoms with van der Waals surface area (Å²) in [4.78, 5) is 23.6. The maximum absolute atomic E-state index is 12.8. The van der Waals surface area contributed by atoms with Gasteiger partial charge < -0.3 is 5.32 Å². The van der Waals surface area contributed by atoms with Crippen molar-refractivity contribution in [1.82, 2.24) is 25.2 Å². The van der Waals surface area contributed by atoms with Crippen molar-refractivity contribution in [3.63, 3.8) is 0 Å². The van der Waals surface area contributed by atoms with Gasteiger partial charge in [0.25, 0.3) is 0 Å². The van der Waals surface area contributed by atoms with E-state index in [0.717, 1.165) is 49.7 Å². The van der Waals surface area contributed by atoms with Crippen LogP contribution in [0.15, 0.2) is 23.5 Å². The van der Waals surface area contributed by atoms with Crippen LogP contribution in [0.4, 0.5) is 18.0 Å². The van der Waals surface area contributed by atoms with Crippen molar-refractivity contribution in [3.8, 4) is 0 Å². The number of carbonyl (C=O) groups is 2. The first-order chi connectivity index (χ1) is 12.3. The number of nitrogens with one attached hydrogen (secondary N) is 2. The first-order valence-electron chi connectivity index (χ1n) is 7.98. The molecule has 0 unspecified atom stereocenters. The number of pyridine rings is 1. The summed E-state index contributed by atoms with van der Waals surface area (Å²) in [5.41, 5.74) is -0.605. The number of imide groups is 1. The van der Waals surface area contributed by atoms with Gasteiger partial charge in [0.05, 0.1) is 11.3 Å². The van der Waals surface area contributed by atoms with Gasteiger partial charge in [0.15, 0.2) is 10.8 Å². The van der Waals surface area contributed by atoms with Crippen LogP contribution in [0.3, 0.4) is 0 Å². The minimum Gasteiger partial charge on any atom is -0.335 e. The number of thioether (sulfide) groups is 1. The molecule has 1 aliphatic carbocycles. The highest BCUT2D eigenvalue weighted by Crippen LogP contribution is 2.30. The second-order valence-corrected chi connectivity index (χ2v) is 6.86. The highest BCUT2D eigenvalue weighted by Gasteiger charge is 2.31. The number of halogens is 3. The molecular weight excluding hydrogens is 371 g/mol. The largest absolute Gasteiger partial charge is 0.417 e. The van der Waals surface area contributed by atoms with Crippen LogP contribution in [0.25, 0.3) is 5.65 Å². The molecule has 3 amide bonds. The monoisotopic (exact) mass is 387 g/mol. The Labute approximate surface area is 150 Å². The molecule has 0 atom stereocenters. The molecule has 0 saturated heterocycles. The summed E-state index contributed by atoms with van der Waals surface area (Å²) < 4.78 is 39.6. The number of urea groups is 1. The fraction of sp³-hybridized carbons (Fsp3) is 0.467. The molecule has 0 bridgehead atoms. The topological polar surface area (TPSA) is 88.4 Å². The first kappa shape index (κ1) is 18.5. The number of fused-ring (bicyclic) bond motifs is 1. The summed E-state index contributed by atoms with van der Waals surface area (Å²) in [6, 6.07) is 1.64. The Hall–Kier alpha value is -2.30. The third-order valence-corrected chi connectivity index (χ3v) is 4.92. The van der Waals surface area contributed by atoms with Crippen molar-refractivity contribution in [2.24, 2.45) is 0 Å². The molecule has 140 valence electrons. The zero-order valence-electron chi connectivity index (χ0n) is 13.5. The van der Waals surface area contributed by atoms with Gasteiger partial charge in [-0.25, -0.2) is 4.79 Å². The van der Waals surface area contributed by atoms with Gasteiger partial charge in [-0.1, -0.05) is 24.6 Å². The SMILES string of the molecule is O=C(CSc1nnc2ccc(C(F)(F)F)cn12)NC(=O)NC1CCCC1. The maximum atomic E-state index is 12.8. The molecule has 1 aliphatic rings. The van der Waals surface area contributed by atoms with E-state index in [1.165, 1.54) is 10.5 Å². The predicted molar refractivity (Wildman–Crippen MR) is 87.6 cm³/mol. The quantitative estimate of drug-likeness (QED) is 0.788. The van der Waals surface area contributed by atoms with E-state index in [1.807, 2.05) is 0 Å². The van der Waals surface area contributed by atoms with Crippen molar-refractivity contribution in [2.45, 2.75) is 43.1 Å². The van der Waals surface area contributed by atoms with Crippen LogP contribution in [0, 0.1) is 0 Å². The fourth-order valence-electron chi connectivity index (χ4n) is 2.72. The summed E-state index contributed by atoms with van der Waals surface area (Å²) in [5, 5.41) is 12.6. The van der Waals surface area contributed by atoms with Gasteiger partial charge in [-0.15, -0.1) is 10.2 Å². The van der Waals surface area contributed by atoms with Crippen molar-refractivity contribution in [3.05, 3.63) is 23.9 Å². The van der Waals surface area contributed by atoms with Crippen LogP contribution >= 0.6 is 11.8 Å². The van der Waals surface area contributed by atoms with Gasteiger partial charge in [-0.3, -0.25) is 14.5 Å². The smallest absolute Gasteiger partial charge is 0.335 e. The van der Waals surface area contributed by atoms with Gasteiger partial charge in [0.2, 0.25) is 5.91 Å². The normalized spacial score (nSPS) is 15.3. The van der Waals surface area contributed by atoms with Crippen molar-refractivity contribution in [1.29, 1.82) is 0 Å². The second kappa shape index (κ2) is 7.52. The van der Waals surface area contributed by atoms with Crippen molar-refractivity contribution < 1.29 is 22.8 Å². The molecule has 1 fully saturated rings. The highest BCUT2D eigenvalue weighted by molar-refractivity contribution is 7.99. The molecule has 0 radical (unpaired) electrons. The summed E-state index contributed by atoms with van der Waals surface area (Å²) in [6.45, 7) is 0. The average Bonchev–Trinajstić information content (AvgIpc) is 3.20. The molecule has 26 heavy (non-hydrogen) atoms. The van der Waals surface area contributed by atoms with Crippen LogP contribution < -0.4 is 10.6 Å². The Balaban J connectivity index is 1.58. The Morgan fingerprint density at radius 2 is 1.96 bits per heavy atom. The maximum Gasteiger partial charge on any atom is 0.417 e. The zero-order chi connectivity index (χ0) is 18.7. The predicted octanol–water partition coefficient (Wildman–Crippen LogP) is 2.61. The summed E-state index contributed by atoms with van der Waals surface area (Å²) in [6.07, 6.45) is 0.273. The van der Waals surface area contributed by atoms with Gasteiger partial charge >= 0.3 is 12.2 Å². The summed E-state index contributed by atoms with van der Waals surface area (Å²) in [5.74, 6) is -0.732. The standard InChI is InChI=1S/C15H16F3N5O2S/c16-15(17,18)9-5-6-11-21-22-14(23(11)7-9)26-8-12(24)20-13(25)19-10-3-1-2-4-10/h5-7,10H,1-4,8H2,(H2,19,20,24,25). The lowest BCUT2D eigenvalue weighted by Gasteiger charge is -2.12. The molecule has 0 aliphatic heterocycles. The average molecular weight is 387 g/mol. The van der Waals surface area contributed by atoms with Crippen LogP contribution in [0.2, 0.25) is 0 Å². The Morgan fingerprint density at radius 3 is 2.65 bits per heavy atom. The number of amides is 3. The zero-order valence-corrected chi connectivity index (χ0v) is 14.4. The Kier molecular flexibility index (Phi) is 5.35. The van der Waals surface area contributed by atoms with Gasteiger partial charge in [0, 0.05) is 12.2 Å². The van der Waals surface area contributed by atoms with E-state index < -0.39 is 23.7 Å². The molecule has 3 rings (SSSR count). The van der Waals surface area contributed by atoms with Crippen molar-refractivity contribution in [2.75, 3.05) is 5.75 Å². The Morgan fingerprint density at radius 1 is 1.23 bits per heavy atom. The van der Waals surface area contributed by atoms with Crippen LogP contribution in [-0.4, -0.2) is 38.3 Å². The van der Waals surface area contributed by atoms with E-state index in [4.69, 9.17) is 0 Å². The second-order valence-electron chi connectivity index (χ2n) is 5.92. The van der Waals surface area contributed by atoms with E-state index in [2.05, 4.69) is 20.8 Å². The van der Waals surface area contributed by atoms with Gasteiger partial charge in [-0.2, -0.15) is 13.2 Å². The number of aromatic nitrogens is 3. The van der Waals surface area contributed by atoms with E-state index in [0.29, 0.717) is 0 Å². The molecule has 2 aromatic rings. The third kappa shape index (κ3) is 4.45. The number of alkyl halides is 3. The molecular formula is C15H16F3N5O2S. The van der Waals surface area contributed by atoms with Gasteiger partial charge in [-0.05, 0) is 25.0 Å². The van der Waals surface area contributed by atoms with Crippen LogP contribution in [-0.2, 0) is 11.0 Å². The number of hydrogen-bond donors (Lipinski definition) is 2. The minimum absolute atomic E-state index is 0.0803. The Bertz CT molecular complexity index is 817. The fourth-order valence-corrected chi connectivity index (χ4v) is 3.44. The lowest BCUT2D eigenvalue weighted by molar-refractivity contribution is -0.137. The molecule has 11 heteroatoms. The summed E-state index contributed by atoms with van der Waals surface area (Å²) in [7, 11) is 0. The number of hydrogen-bond acceptors (Lipinski definition) is 5. The minimum atomic E-state index is -4.49. The number of carbonyl (C=O) groups excluding carboxylic acids is 2. The molecule has 0 aromatic carbocycles. The summed E-state index contributed by atoms with van der Waals surface area (Å²) >= 11 is 0.899. The molecule has 2 aromatic heterocycles. The first-order valence-corrected chi connectivity index (χ1v) is 8.96. The molecule has 1 saturated carbocycles.